The molecule has 0 saturated carbocycles. The molecule has 4 N–H and O–H groups in total. The number of amides is 1. The number of halogens is 1. The zero-order chi connectivity index (χ0) is 9.68. The van der Waals surface area contributed by atoms with E-state index in [4.69, 9.17) is 5.73 Å². The molecule has 5 heteroatoms. The number of hydrogen-bond acceptors (Lipinski definition) is 3. The van der Waals surface area contributed by atoms with Crippen molar-refractivity contribution in [2.75, 3.05) is 19.6 Å². The van der Waals surface area contributed by atoms with Crippen LogP contribution in [0.4, 0.5) is 0 Å². The van der Waals surface area contributed by atoms with E-state index in [2.05, 4.69) is 10.6 Å². The molecule has 0 aromatic heterocycles. The molecule has 0 bridgehead atoms. The van der Waals surface area contributed by atoms with Gasteiger partial charge < -0.3 is 16.4 Å². The van der Waals surface area contributed by atoms with E-state index < -0.39 is 6.04 Å². The van der Waals surface area contributed by atoms with Crippen LogP contribution in [0.5, 0.6) is 0 Å². The van der Waals surface area contributed by atoms with E-state index in [9.17, 15) is 4.79 Å². The molecule has 84 valence electrons. The van der Waals surface area contributed by atoms with E-state index in [0.29, 0.717) is 5.92 Å². The normalized spacial score (nSPS) is 23.4. The molecule has 1 aliphatic heterocycles. The highest BCUT2D eigenvalue weighted by molar-refractivity contribution is 5.85. The Balaban J connectivity index is 0.00000169. The molecule has 1 rings (SSSR count). The van der Waals surface area contributed by atoms with Gasteiger partial charge in [0.1, 0.15) is 0 Å². The fourth-order valence-corrected chi connectivity index (χ4v) is 1.50. The van der Waals surface area contributed by atoms with Crippen molar-refractivity contribution in [2.45, 2.75) is 25.8 Å². The molecule has 14 heavy (non-hydrogen) atoms. The van der Waals surface area contributed by atoms with E-state index in [0.717, 1.165) is 19.6 Å². The molecule has 1 saturated heterocycles. The van der Waals surface area contributed by atoms with Crippen molar-refractivity contribution in [1.82, 2.24) is 10.6 Å². The van der Waals surface area contributed by atoms with E-state index in [1.807, 2.05) is 0 Å². The molecule has 1 amide bonds. The average Bonchev–Trinajstić information content (AvgIpc) is 2.15. The third kappa shape index (κ3) is 4.79. The molecule has 4 nitrogen and oxygen atoms in total. The Morgan fingerprint density at radius 2 is 2.43 bits per heavy atom. The molecule has 1 aliphatic rings. The SMILES string of the molecule is C[C@H](N)C(=O)NCC1CCCNC1.Cl. The lowest BCUT2D eigenvalue weighted by atomic mass is 10.00. The number of carbonyl (C=O) groups is 1. The maximum atomic E-state index is 11.1. The first-order chi connectivity index (χ1) is 6.20. The van der Waals surface area contributed by atoms with Gasteiger partial charge in [0.05, 0.1) is 6.04 Å². The van der Waals surface area contributed by atoms with Gasteiger partial charge in [0.15, 0.2) is 0 Å². The number of nitrogens with one attached hydrogen (secondary N) is 2. The highest BCUT2D eigenvalue weighted by Crippen LogP contribution is 2.07. The van der Waals surface area contributed by atoms with Crippen molar-refractivity contribution in [1.29, 1.82) is 0 Å². The molecule has 0 aliphatic carbocycles. The van der Waals surface area contributed by atoms with Gasteiger partial charge >= 0.3 is 0 Å². The van der Waals surface area contributed by atoms with Crippen LogP contribution in [0.1, 0.15) is 19.8 Å². The van der Waals surface area contributed by atoms with Crippen molar-refractivity contribution in [3.63, 3.8) is 0 Å². The molecule has 1 fully saturated rings. The number of piperidine rings is 1. The van der Waals surface area contributed by atoms with Crippen LogP contribution in [0.25, 0.3) is 0 Å². The Hall–Kier alpha value is -0.320. The maximum absolute atomic E-state index is 11.1. The van der Waals surface area contributed by atoms with Crippen molar-refractivity contribution in [3.05, 3.63) is 0 Å². The summed E-state index contributed by atoms with van der Waals surface area (Å²) < 4.78 is 0. The largest absolute Gasteiger partial charge is 0.354 e. The summed E-state index contributed by atoms with van der Waals surface area (Å²) in [6.07, 6.45) is 2.41. The third-order valence-electron chi connectivity index (χ3n) is 2.38. The number of carbonyl (C=O) groups excluding carboxylic acids is 1. The first-order valence-electron chi connectivity index (χ1n) is 4.94. The molecule has 0 aromatic carbocycles. The van der Waals surface area contributed by atoms with Gasteiger partial charge in [-0.25, -0.2) is 0 Å². The Bertz CT molecular complexity index is 169. The van der Waals surface area contributed by atoms with Gasteiger partial charge in [-0.15, -0.1) is 12.4 Å². The first kappa shape index (κ1) is 13.7. The molecule has 0 radical (unpaired) electrons. The maximum Gasteiger partial charge on any atom is 0.236 e. The summed E-state index contributed by atoms with van der Waals surface area (Å²) >= 11 is 0. The van der Waals surface area contributed by atoms with Crippen LogP contribution >= 0.6 is 12.4 Å². The summed E-state index contributed by atoms with van der Waals surface area (Å²) in [6, 6.07) is -0.392. The fraction of sp³-hybridized carbons (Fsp3) is 0.889. The second-order valence-electron chi connectivity index (χ2n) is 3.75. The van der Waals surface area contributed by atoms with Crippen molar-refractivity contribution in [3.8, 4) is 0 Å². The van der Waals surface area contributed by atoms with Gasteiger partial charge in [0, 0.05) is 6.54 Å². The van der Waals surface area contributed by atoms with Crippen LogP contribution in [0, 0.1) is 5.92 Å². The van der Waals surface area contributed by atoms with E-state index >= 15 is 0 Å². The number of hydrogen-bond donors (Lipinski definition) is 3. The van der Waals surface area contributed by atoms with E-state index in [1.165, 1.54) is 12.8 Å². The first-order valence-corrected chi connectivity index (χ1v) is 4.94. The Morgan fingerprint density at radius 1 is 1.71 bits per heavy atom. The minimum absolute atomic E-state index is 0. The Morgan fingerprint density at radius 3 is 2.93 bits per heavy atom. The second kappa shape index (κ2) is 7.04. The Kier molecular flexibility index (Phi) is 6.87. The molecular formula is C9H20ClN3O. The summed E-state index contributed by atoms with van der Waals surface area (Å²) in [6.45, 7) is 4.58. The highest BCUT2D eigenvalue weighted by atomic mass is 35.5. The molecular weight excluding hydrogens is 202 g/mol. The highest BCUT2D eigenvalue weighted by Gasteiger charge is 2.14. The van der Waals surface area contributed by atoms with Gasteiger partial charge in [0.25, 0.3) is 0 Å². The zero-order valence-corrected chi connectivity index (χ0v) is 9.40. The van der Waals surface area contributed by atoms with Crippen LogP contribution in [-0.2, 0) is 4.79 Å². The summed E-state index contributed by atoms with van der Waals surface area (Å²) in [5.41, 5.74) is 5.42. The predicted molar refractivity (Wildman–Crippen MR) is 59.5 cm³/mol. The lowest BCUT2D eigenvalue weighted by Crippen LogP contribution is -2.43. The van der Waals surface area contributed by atoms with Crippen molar-refractivity contribution in [2.24, 2.45) is 11.7 Å². The average molecular weight is 222 g/mol. The number of rotatable bonds is 3. The molecule has 2 atom stereocenters. The second-order valence-corrected chi connectivity index (χ2v) is 3.75. The monoisotopic (exact) mass is 221 g/mol. The molecule has 0 spiro atoms. The Labute approximate surface area is 91.4 Å². The lowest BCUT2D eigenvalue weighted by Gasteiger charge is -2.23. The fourth-order valence-electron chi connectivity index (χ4n) is 1.50. The van der Waals surface area contributed by atoms with Gasteiger partial charge in [-0.3, -0.25) is 4.79 Å². The van der Waals surface area contributed by atoms with E-state index in [1.54, 1.807) is 6.92 Å². The standard InChI is InChI=1S/C9H19N3O.ClH/c1-7(10)9(13)12-6-8-3-2-4-11-5-8;/h7-8,11H,2-6,10H2,1H3,(H,12,13);1H/t7-,8?;/m0./s1. The zero-order valence-electron chi connectivity index (χ0n) is 8.58. The van der Waals surface area contributed by atoms with Gasteiger partial charge in [0.2, 0.25) is 5.91 Å². The van der Waals surface area contributed by atoms with Crippen molar-refractivity contribution < 1.29 is 4.79 Å². The molecule has 1 heterocycles. The van der Waals surface area contributed by atoms with Crippen LogP contribution in [0.3, 0.4) is 0 Å². The third-order valence-corrected chi connectivity index (χ3v) is 2.38. The van der Waals surface area contributed by atoms with Gasteiger partial charge in [-0.1, -0.05) is 0 Å². The summed E-state index contributed by atoms with van der Waals surface area (Å²) in [5.74, 6) is 0.530. The summed E-state index contributed by atoms with van der Waals surface area (Å²) in [5, 5.41) is 6.15. The van der Waals surface area contributed by atoms with E-state index in [-0.39, 0.29) is 18.3 Å². The van der Waals surface area contributed by atoms with Crippen molar-refractivity contribution >= 4 is 18.3 Å². The van der Waals surface area contributed by atoms with Gasteiger partial charge in [-0.2, -0.15) is 0 Å². The van der Waals surface area contributed by atoms with Crippen LogP contribution in [0.15, 0.2) is 0 Å². The van der Waals surface area contributed by atoms with Gasteiger partial charge in [-0.05, 0) is 38.8 Å². The minimum Gasteiger partial charge on any atom is -0.354 e. The molecule has 0 aromatic rings. The quantitative estimate of drug-likeness (QED) is 0.622. The summed E-state index contributed by atoms with van der Waals surface area (Å²) in [4.78, 5) is 11.1. The molecule has 1 unspecified atom stereocenters. The lowest BCUT2D eigenvalue weighted by molar-refractivity contribution is -0.122. The predicted octanol–water partition coefficient (Wildman–Crippen LogP) is -0.129. The minimum atomic E-state index is -0.392. The smallest absolute Gasteiger partial charge is 0.236 e. The van der Waals surface area contributed by atoms with Crippen LogP contribution < -0.4 is 16.4 Å². The number of nitrogens with two attached hydrogens (primary N) is 1. The summed E-state index contributed by atoms with van der Waals surface area (Å²) in [7, 11) is 0. The topological polar surface area (TPSA) is 67.2 Å². The van der Waals surface area contributed by atoms with Crippen LogP contribution in [-0.4, -0.2) is 31.6 Å². The van der Waals surface area contributed by atoms with Crippen LogP contribution in [0.2, 0.25) is 0 Å².